The minimum Gasteiger partial charge on any atom is -0.489 e. The summed E-state index contributed by atoms with van der Waals surface area (Å²) in [5.74, 6) is -4.05. The van der Waals surface area contributed by atoms with Crippen LogP contribution in [0.15, 0.2) is 22.7 Å². The molecule has 1 aliphatic rings. The van der Waals surface area contributed by atoms with Gasteiger partial charge in [0.15, 0.2) is 0 Å². The molecule has 0 bridgehead atoms. The zero-order chi connectivity index (χ0) is 30.6. The van der Waals surface area contributed by atoms with E-state index in [1.54, 1.807) is 0 Å². The first-order valence-corrected chi connectivity index (χ1v) is 14.8. The summed E-state index contributed by atoms with van der Waals surface area (Å²) >= 11 is 0. The number of esters is 3. The van der Waals surface area contributed by atoms with Gasteiger partial charge in [-0.25, -0.2) is 4.79 Å². The van der Waals surface area contributed by atoms with Crippen molar-refractivity contribution in [1.29, 1.82) is 0 Å². The lowest BCUT2D eigenvalue weighted by atomic mass is 9.93. The molecule has 0 saturated carbocycles. The van der Waals surface area contributed by atoms with E-state index < -0.39 is 48.8 Å². The molecule has 0 amide bonds. The van der Waals surface area contributed by atoms with E-state index in [0.29, 0.717) is 6.42 Å². The number of unbranched alkanes of at least 4 members (excludes halogenated alkanes) is 12. The van der Waals surface area contributed by atoms with Crippen molar-refractivity contribution in [3.63, 3.8) is 0 Å². The van der Waals surface area contributed by atoms with Crippen molar-refractivity contribution >= 4 is 29.5 Å². The number of ether oxygens (including phenoxy) is 5. The first kappa shape index (κ1) is 35.9. The molecule has 0 aliphatic heterocycles. The molecular formula is C31H48O10. The molecule has 1 aliphatic carbocycles. The Labute approximate surface area is 244 Å². The van der Waals surface area contributed by atoms with Crippen molar-refractivity contribution in [2.75, 3.05) is 27.4 Å². The number of Topliss-reactive ketones (excluding diaryl/α,β-unsaturated/α-hetero) is 2. The summed E-state index contributed by atoms with van der Waals surface area (Å²) in [6.07, 6.45) is 13.8. The third-order valence-electron chi connectivity index (χ3n) is 6.91. The lowest BCUT2D eigenvalue weighted by molar-refractivity contribution is -0.173. The topological polar surface area (TPSA) is 132 Å². The maximum Gasteiger partial charge on any atom is 0.351 e. The Kier molecular flexibility index (Phi) is 18.1. The number of carbonyl (C=O) groups excluding carboxylic acids is 5. The van der Waals surface area contributed by atoms with Crippen LogP contribution >= 0.6 is 0 Å². The number of methoxy groups -OCH3 is 2. The van der Waals surface area contributed by atoms with Crippen molar-refractivity contribution in [3.8, 4) is 0 Å². The summed E-state index contributed by atoms with van der Waals surface area (Å²) in [5.41, 5.74) is -0.0538. The van der Waals surface area contributed by atoms with Crippen LogP contribution in [0.3, 0.4) is 0 Å². The monoisotopic (exact) mass is 580 g/mol. The van der Waals surface area contributed by atoms with Crippen molar-refractivity contribution in [2.45, 2.75) is 117 Å². The Morgan fingerprint density at radius 3 is 1.68 bits per heavy atom. The van der Waals surface area contributed by atoms with E-state index in [1.165, 1.54) is 78.9 Å². The number of rotatable bonds is 22. The molecule has 0 saturated heterocycles. The van der Waals surface area contributed by atoms with Gasteiger partial charge in [-0.3, -0.25) is 19.2 Å². The van der Waals surface area contributed by atoms with Gasteiger partial charge in [0.2, 0.25) is 29.2 Å². The fourth-order valence-corrected chi connectivity index (χ4v) is 4.45. The van der Waals surface area contributed by atoms with Gasteiger partial charge in [-0.1, -0.05) is 84.0 Å². The van der Waals surface area contributed by atoms with Gasteiger partial charge < -0.3 is 23.7 Å². The molecule has 0 heterocycles. The number of carbonyl (C=O) groups is 5. The molecule has 0 aromatic rings. The van der Waals surface area contributed by atoms with Crippen LogP contribution in [0, 0.1) is 0 Å². The van der Waals surface area contributed by atoms with E-state index in [4.69, 9.17) is 23.7 Å². The Hall–Kier alpha value is -3.17. The summed E-state index contributed by atoms with van der Waals surface area (Å²) < 4.78 is 25.3. The molecular weight excluding hydrogens is 532 g/mol. The second-order valence-electron chi connectivity index (χ2n) is 10.2. The van der Waals surface area contributed by atoms with Gasteiger partial charge in [0.05, 0.1) is 14.2 Å². The highest BCUT2D eigenvalue weighted by Gasteiger charge is 2.36. The smallest absolute Gasteiger partial charge is 0.351 e. The van der Waals surface area contributed by atoms with E-state index in [0.717, 1.165) is 26.2 Å². The molecule has 1 rings (SSSR count). The number of ketones is 2. The van der Waals surface area contributed by atoms with E-state index in [1.807, 2.05) is 0 Å². The third-order valence-corrected chi connectivity index (χ3v) is 6.91. The van der Waals surface area contributed by atoms with Gasteiger partial charge in [0.25, 0.3) is 0 Å². The van der Waals surface area contributed by atoms with E-state index in [2.05, 4.69) is 6.92 Å². The summed E-state index contributed by atoms with van der Waals surface area (Å²) in [6, 6.07) is 0. The first-order chi connectivity index (χ1) is 19.7. The highest BCUT2D eigenvalue weighted by Crippen LogP contribution is 2.26. The molecule has 0 aromatic heterocycles. The van der Waals surface area contributed by atoms with Crippen LogP contribution in [0.2, 0.25) is 0 Å². The van der Waals surface area contributed by atoms with Crippen LogP contribution in [-0.4, -0.2) is 63.0 Å². The van der Waals surface area contributed by atoms with E-state index in [-0.39, 0.29) is 29.1 Å². The van der Waals surface area contributed by atoms with Gasteiger partial charge in [-0.2, -0.15) is 0 Å². The minimum atomic E-state index is -1.50. The Morgan fingerprint density at radius 1 is 0.707 bits per heavy atom. The summed E-state index contributed by atoms with van der Waals surface area (Å²) in [5, 5.41) is 0. The molecule has 1 atom stereocenters. The second kappa shape index (κ2) is 20.7. The maximum atomic E-state index is 12.7. The van der Waals surface area contributed by atoms with Gasteiger partial charge >= 0.3 is 17.9 Å². The van der Waals surface area contributed by atoms with Gasteiger partial charge in [-0.15, -0.1) is 0 Å². The zero-order valence-corrected chi connectivity index (χ0v) is 25.5. The molecule has 232 valence electrons. The number of hydrogen-bond acceptors (Lipinski definition) is 10. The molecule has 10 nitrogen and oxygen atoms in total. The van der Waals surface area contributed by atoms with Crippen LogP contribution in [0.5, 0.6) is 0 Å². The molecule has 0 aromatic carbocycles. The quantitative estimate of drug-likeness (QED) is 0.0704. The predicted octanol–water partition coefficient (Wildman–Crippen LogP) is 5.46. The normalized spacial score (nSPS) is 14.2. The molecule has 1 unspecified atom stereocenters. The molecule has 10 heteroatoms. The van der Waals surface area contributed by atoms with Gasteiger partial charge in [0.1, 0.15) is 13.2 Å². The van der Waals surface area contributed by atoms with Crippen molar-refractivity contribution in [3.05, 3.63) is 22.7 Å². The highest BCUT2D eigenvalue weighted by molar-refractivity contribution is 6.23. The standard InChI is InChI=1S/C31H48O10/c1-6-7-8-9-10-11-12-13-14-15-16-17-18-19-26(33)41-25(21-39-23(3)32)31(36)40-20-24-22(2)27(34)29(37-4)30(38-5)28(24)35/h25H,6-21H2,1-5H3. The lowest BCUT2D eigenvalue weighted by Gasteiger charge is -2.21. The molecule has 0 spiro atoms. The summed E-state index contributed by atoms with van der Waals surface area (Å²) in [7, 11) is 2.46. The number of hydrogen-bond donors (Lipinski definition) is 0. The molecule has 0 radical (unpaired) electrons. The van der Waals surface area contributed by atoms with Crippen LogP contribution in [0.1, 0.15) is 111 Å². The maximum absolute atomic E-state index is 12.7. The average Bonchev–Trinajstić information content (AvgIpc) is 2.94. The summed E-state index contributed by atoms with van der Waals surface area (Å²) in [6.45, 7) is 3.70. The first-order valence-electron chi connectivity index (χ1n) is 14.8. The van der Waals surface area contributed by atoms with Crippen LogP contribution in [-0.2, 0) is 47.7 Å². The fraction of sp³-hybridized carbons (Fsp3) is 0.710. The van der Waals surface area contributed by atoms with Crippen LogP contribution in [0.25, 0.3) is 0 Å². The largest absolute Gasteiger partial charge is 0.489 e. The fourth-order valence-electron chi connectivity index (χ4n) is 4.45. The predicted molar refractivity (Wildman–Crippen MR) is 152 cm³/mol. The van der Waals surface area contributed by atoms with Gasteiger partial charge in [0, 0.05) is 24.5 Å². The zero-order valence-electron chi connectivity index (χ0n) is 25.5. The van der Waals surface area contributed by atoms with E-state index in [9.17, 15) is 24.0 Å². The molecule has 0 N–H and O–H groups in total. The molecule has 0 fully saturated rings. The lowest BCUT2D eigenvalue weighted by Crippen LogP contribution is -2.35. The van der Waals surface area contributed by atoms with Crippen molar-refractivity contribution in [2.24, 2.45) is 0 Å². The SMILES string of the molecule is CCCCCCCCCCCCCCCC(=O)OC(COC(C)=O)C(=O)OCC1=C(C)C(=O)C(OC)=C(OC)C1=O. The average molecular weight is 581 g/mol. The van der Waals surface area contributed by atoms with Crippen LogP contribution in [0.4, 0.5) is 0 Å². The second-order valence-corrected chi connectivity index (χ2v) is 10.2. The third kappa shape index (κ3) is 13.4. The minimum absolute atomic E-state index is 0.0383. The Morgan fingerprint density at radius 2 is 1.20 bits per heavy atom. The highest BCUT2D eigenvalue weighted by atomic mass is 16.6. The Balaban J connectivity index is 2.46. The summed E-state index contributed by atoms with van der Waals surface area (Å²) in [4.78, 5) is 61.6. The van der Waals surface area contributed by atoms with Crippen molar-refractivity contribution < 1.29 is 47.7 Å². The number of allylic oxidation sites excluding steroid dienone is 2. The Bertz CT molecular complexity index is 947. The van der Waals surface area contributed by atoms with Crippen LogP contribution < -0.4 is 0 Å². The van der Waals surface area contributed by atoms with Crippen molar-refractivity contribution in [1.82, 2.24) is 0 Å². The van der Waals surface area contributed by atoms with E-state index >= 15 is 0 Å². The van der Waals surface area contributed by atoms with Gasteiger partial charge in [-0.05, 0) is 13.3 Å². The molecule has 41 heavy (non-hydrogen) atoms.